The molecule has 0 unspecified atom stereocenters. The second-order valence-corrected chi connectivity index (χ2v) is 5.61. The maximum atomic E-state index is 12.3. The predicted molar refractivity (Wildman–Crippen MR) is 91.4 cm³/mol. The summed E-state index contributed by atoms with van der Waals surface area (Å²) in [6.07, 6.45) is -0.735. The van der Waals surface area contributed by atoms with Crippen LogP contribution in [0.1, 0.15) is 34.8 Å². The van der Waals surface area contributed by atoms with E-state index in [0.29, 0.717) is 11.1 Å². The number of carbonyl (C=O) groups is 1. The van der Waals surface area contributed by atoms with Gasteiger partial charge in [0.1, 0.15) is 0 Å². The van der Waals surface area contributed by atoms with Crippen LogP contribution in [0.25, 0.3) is 11.5 Å². The predicted octanol–water partition coefficient (Wildman–Crippen LogP) is 3.87. The molecule has 0 amide bonds. The molecule has 0 radical (unpaired) electrons. The van der Waals surface area contributed by atoms with E-state index in [1.54, 1.807) is 19.1 Å². The summed E-state index contributed by atoms with van der Waals surface area (Å²) in [7, 11) is 0. The first-order valence-corrected chi connectivity index (χ1v) is 7.80. The van der Waals surface area contributed by atoms with E-state index >= 15 is 0 Å². The van der Waals surface area contributed by atoms with E-state index < -0.39 is 17.0 Å². The van der Waals surface area contributed by atoms with Gasteiger partial charge in [-0.2, -0.15) is 0 Å². The highest BCUT2D eigenvalue weighted by molar-refractivity contribution is 5.91. The van der Waals surface area contributed by atoms with Gasteiger partial charge in [-0.05, 0) is 37.6 Å². The van der Waals surface area contributed by atoms with Crippen molar-refractivity contribution in [3.63, 3.8) is 0 Å². The Balaban J connectivity index is 1.73. The normalized spacial score (nSPS) is 11.8. The molecule has 0 aliphatic heterocycles. The van der Waals surface area contributed by atoms with Crippen LogP contribution in [0, 0.1) is 17.0 Å². The van der Waals surface area contributed by atoms with Crippen LogP contribution in [-0.2, 0) is 4.74 Å². The lowest BCUT2D eigenvalue weighted by molar-refractivity contribution is -0.384. The van der Waals surface area contributed by atoms with Crippen molar-refractivity contribution in [2.75, 3.05) is 0 Å². The summed E-state index contributed by atoms with van der Waals surface area (Å²) in [4.78, 5) is 22.5. The summed E-state index contributed by atoms with van der Waals surface area (Å²) in [6, 6.07) is 12.8. The van der Waals surface area contributed by atoms with Crippen LogP contribution in [0.15, 0.2) is 52.9 Å². The average molecular weight is 353 g/mol. The number of hydrogen-bond acceptors (Lipinski definition) is 7. The number of nitro groups is 1. The lowest BCUT2D eigenvalue weighted by Crippen LogP contribution is -2.10. The van der Waals surface area contributed by atoms with Crippen LogP contribution in [0.3, 0.4) is 0 Å². The maximum absolute atomic E-state index is 12.3. The number of benzene rings is 2. The second kappa shape index (κ2) is 7.14. The molecule has 0 spiro atoms. The van der Waals surface area contributed by atoms with Crippen molar-refractivity contribution in [1.82, 2.24) is 10.2 Å². The molecule has 3 rings (SSSR count). The summed E-state index contributed by atoms with van der Waals surface area (Å²) >= 11 is 0. The van der Waals surface area contributed by atoms with Crippen LogP contribution in [0.4, 0.5) is 5.69 Å². The zero-order chi connectivity index (χ0) is 18.7. The van der Waals surface area contributed by atoms with Gasteiger partial charge in [0.25, 0.3) is 11.6 Å². The Bertz CT molecular complexity index is 949. The Labute approximate surface area is 148 Å². The first-order chi connectivity index (χ1) is 12.5. The van der Waals surface area contributed by atoms with E-state index in [9.17, 15) is 14.9 Å². The fourth-order valence-electron chi connectivity index (χ4n) is 2.32. The van der Waals surface area contributed by atoms with Gasteiger partial charge in [-0.3, -0.25) is 10.1 Å². The first kappa shape index (κ1) is 17.3. The largest absolute Gasteiger partial charge is 0.449 e. The molecule has 0 aliphatic carbocycles. The quantitative estimate of drug-likeness (QED) is 0.389. The van der Waals surface area contributed by atoms with Crippen LogP contribution < -0.4 is 0 Å². The molecule has 0 aliphatic rings. The molecule has 3 aromatic rings. The van der Waals surface area contributed by atoms with Gasteiger partial charge in [-0.1, -0.05) is 18.2 Å². The number of esters is 1. The van der Waals surface area contributed by atoms with Crippen LogP contribution in [0.2, 0.25) is 0 Å². The minimum atomic E-state index is -0.735. The molecular weight excluding hydrogens is 338 g/mol. The summed E-state index contributed by atoms with van der Waals surface area (Å²) in [5.41, 5.74) is 1.78. The molecule has 2 aromatic carbocycles. The number of non-ortho nitro benzene ring substituents is 1. The minimum absolute atomic E-state index is 0.0333. The number of nitrogens with zero attached hydrogens (tertiary/aromatic N) is 3. The van der Waals surface area contributed by atoms with Gasteiger partial charge in [0.05, 0.1) is 10.5 Å². The highest BCUT2D eigenvalue weighted by atomic mass is 16.6. The lowest BCUT2D eigenvalue weighted by Gasteiger charge is -2.10. The minimum Gasteiger partial charge on any atom is -0.449 e. The van der Waals surface area contributed by atoms with Gasteiger partial charge in [-0.15, -0.1) is 10.2 Å². The average Bonchev–Trinajstić information content (AvgIpc) is 3.12. The number of rotatable bonds is 5. The summed E-state index contributed by atoms with van der Waals surface area (Å²) in [6.45, 7) is 3.45. The Morgan fingerprint density at radius 2 is 1.85 bits per heavy atom. The van der Waals surface area contributed by atoms with Crippen LogP contribution >= 0.6 is 0 Å². The number of carbonyl (C=O) groups excluding carboxylic acids is 1. The zero-order valence-electron chi connectivity index (χ0n) is 14.1. The third-order valence-electron chi connectivity index (χ3n) is 3.76. The molecule has 8 heteroatoms. The molecule has 0 fully saturated rings. The molecule has 8 nitrogen and oxygen atoms in total. The number of aryl methyl sites for hydroxylation is 1. The van der Waals surface area contributed by atoms with Gasteiger partial charge in [0.2, 0.25) is 5.89 Å². The Morgan fingerprint density at radius 3 is 2.50 bits per heavy atom. The molecule has 1 heterocycles. The third-order valence-corrected chi connectivity index (χ3v) is 3.76. The maximum Gasteiger partial charge on any atom is 0.339 e. The SMILES string of the molecule is Cc1ccccc1C(=O)O[C@H](C)c1nnc(-c2ccc([N+](=O)[O-])cc2)o1. The number of nitro benzene ring substituents is 1. The molecule has 0 bridgehead atoms. The topological polar surface area (TPSA) is 108 Å². The van der Waals surface area contributed by atoms with E-state index in [1.165, 1.54) is 24.3 Å². The van der Waals surface area contributed by atoms with Crippen molar-refractivity contribution in [3.05, 3.63) is 75.7 Å². The van der Waals surface area contributed by atoms with E-state index in [-0.39, 0.29) is 17.5 Å². The van der Waals surface area contributed by atoms with Gasteiger partial charge in [0.15, 0.2) is 6.10 Å². The van der Waals surface area contributed by atoms with E-state index in [0.717, 1.165) is 5.56 Å². The van der Waals surface area contributed by atoms with Crippen molar-refractivity contribution in [1.29, 1.82) is 0 Å². The summed E-state index contributed by atoms with van der Waals surface area (Å²) < 4.78 is 10.9. The van der Waals surface area contributed by atoms with Crippen molar-refractivity contribution in [2.45, 2.75) is 20.0 Å². The van der Waals surface area contributed by atoms with Crippen LogP contribution in [-0.4, -0.2) is 21.1 Å². The molecule has 26 heavy (non-hydrogen) atoms. The van der Waals surface area contributed by atoms with Crippen molar-refractivity contribution >= 4 is 11.7 Å². The standard InChI is InChI=1S/C18H15N3O5/c1-11-5-3-4-6-15(11)18(22)25-12(2)16-19-20-17(26-16)13-7-9-14(10-8-13)21(23)24/h3-10,12H,1-2H3/t12-/m1/s1. The van der Waals surface area contributed by atoms with E-state index in [1.807, 2.05) is 19.1 Å². The fourth-order valence-corrected chi connectivity index (χ4v) is 2.32. The highest BCUT2D eigenvalue weighted by Gasteiger charge is 2.21. The highest BCUT2D eigenvalue weighted by Crippen LogP contribution is 2.25. The Morgan fingerprint density at radius 1 is 1.15 bits per heavy atom. The molecule has 0 saturated heterocycles. The third kappa shape index (κ3) is 3.59. The van der Waals surface area contributed by atoms with Gasteiger partial charge < -0.3 is 9.15 Å². The molecule has 0 N–H and O–H groups in total. The second-order valence-electron chi connectivity index (χ2n) is 5.61. The van der Waals surface area contributed by atoms with Gasteiger partial charge >= 0.3 is 5.97 Å². The van der Waals surface area contributed by atoms with Crippen molar-refractivity contribution < 1.29 is 18.9 Å². The van der Waals surface area contributed by atoms with Crippen molar-refractivity contribution in [3.8, 4) is 11.5 Å². The van der Waals surface area contributed by atoms with Gasteiger partial charge in [-0.25, -0.2) is 4.79 Å². The summed E-state index contributed by atoms with van der Waals surface area (Å²) in [5, 5.41) is 18.5. The molecule has 0 saturated carbocycles. The van der Waals surface area contributed by atoms with E-state index in [4.69, 9.17) is 9.15 Å². The summed E-state index contributed by atoms with van der Waals surface area (Å²) in [5.74, 6) is -0.153. The van der Waals surface area contributed by atoms with Gasteiger partial charge in [0, 0.05) is 17.7 Å². The zero-order valence-corrected chi connectivity index (χ0v) is 14.1. The lowest BCUT2D eigenvalue weighted by atomic mass is 10.1. The molecule has 1 aromatic heterocycles. The Hall–Kier alpha value is -3.55. The molecular formula is C18H15N3O5. The number of hydrogen-bond donors (Lipinski definition) is 0. The van der Waals surface area contributed by atoms with Crippen molar-refractivity contribution in [2.24, 2.45) is 0 Å². The van der Waals surface area contributed by atoms with Crippen LogP contribution in [0.5, 0.6) is 0 Å². The Kier molecular flexibility index (Phi) is 4.74. The monoisotopic (exact) mass is 353 g/mol. The number of aromatic nitrogens is 2. The number of ether oxygens (including phenoxy) is 1. The fraction of sp³-hybridized carbons (Fsp3) is 0.167. The molecule has 132 valence electrons. The smallest absolute Gasteiger partial charge is 0.339 e. The molecule has 1 atom stereocenters. The first-order valence-electron chi connectivity index (χ1n) is 7.80. The van der Waals surface area contributed by atoms with E-state index in [2.05, 4.69) is 10.2 Å².